The van der Waals surface area contributed by atoms with Crippen LogP contribution in [0.3, 0.4) is 0 Å². The van der Waals surface area contributed by atoms with Crippen molar-refractivity contribution in [2.75, 3.05) is 11.6 Å². The van der Waals surface area contributed by atoms with Gasteiger partial charge >= 0.3 is 0 Å². The van der Waals surface area contributed by atoms with Gasteiger partial charge in [0.15, 0.2) is 0 Å². The van der Waals surface area contributed by atoms with Gasteiger partial charge in [-0.2, -0.15) is 5.10 Å². The number of carbonyl (C=O) groups is 1. The molecule has 1 unspecified atom stereocenters. The third-order valence-corrected chi connectivity index (χ3v) is 6.42. The van der Waals surface area contributed by atoms with Gasteiger partial charge in [-0.15, -0.1) is 0 Å². The second-order valence-corrected chi connectivity index (χ2v) is 8.86. The number of hydrogen-bond donors (Lipinski definition) is 2. The number of carbonyl (C=O) groups excluding carboxylic acids is 1. The van der Waals surface area contributed by atoms with Gasteiger partial charge in [-0.1, -0.05) is 54.6 Å². The van der Waals surface area contributed by atoms with E-state index in [1.165, 1.54) is 32.1 Å². The fraction of sp³-hybridized carbons (Fsp3) is 0.391. The first-order valence-corrected chi connectivity index (χ1v) is 11.2. The zero-order valence-electron chi connectivity index (χ0n) is 16.7. The largest absolute Gasteiger partial charge is 0.508 e. The Morgan fingerprint density at radius 3 is 2.53 bits per heavy atom. The van der Waals surface area contributed by atoms with E-state index in [1.807, 2.05) is 18.2 Å². The SMILES string of the molecule is O=C(NCC1CCCCC1)C1=NN(c2ccc(Cl)cc2Cl)C(c2ccc(O)cc2)C1. The summed E-state index contributed by atoms with van der Waals surface area (Å²) in [5.74, 6) is 0.621. The van der Waals surface area contributed by atoms with Gasteiger partial charge < -0.3 is 10.4 Å². The highest BCUT2D eigenvalue weighted by Gasteiger charge is 2.33. The van der Waals surface area contributed by atoms with Crippen LogP contribution in [-0.2, 0) is 4.79 Å². The van der Waals surface area contributed by atoms with Gasteiger partial charge in [0.1, 0.15) is 11.5 Å². The van der Waals surface area contributed by atoms with Crippen LogP contribution in [0.4, 0.5) is 5.69 Å². The van der Waals surface area contributed by atoms with E-state index < -0.39 is 0 Å². The lowest BCUT2D eigenvalue weighted by molar-refractivity contribution is -0.115. The Morgan fingerprint density at radius 2 is 1.83 bits per heavy atom. The Balaban J connectivity index is 1.56. The van der Waals surface area contributed by atoms with Crippen LogP contribution in [0.2, 0.25) is 10.0 Å². The molecule has 1 saturated carbocycles. The second kappa shape index (κ2) is 9.27. The molecule has 2 aromatic carbocycles. The molecule has 2 aliphatic rings. The number of phenols is 1. The molecule has 0 spiro atoms. The van der Waals surface area contributed by atoms with E-state index in [0.717, 1.165) is 5.56 Å². The smallest absolute Gasteiger partial charge is 0.267 e. The zero-order valence-corrected chi connectivity index (χ0v) is 18.2. The summed E-state index contributed by atoms with van der Waals surface area (Å²) in [6, 6.07) is 12.0. The van der Waals surface area contributed by atoms with Crippen molar-refractivity contribution in [3.05, 3.63) is 58.1 Å². The average Bonchev–Trinajstić information content (AvgIpc) is 3.18. The van der Waals surface area contributed by atoms with Crippen molar-refractivity contribution < 1.29 is 9.90 Å². The van der Waals surface area contributed by atoms with E-state index in [1.54, 1.807) is 29.3 Å². The van der Waals surface area contributed by atoms with Crippen molar-refractivity contribution in [2.45, 2.75) is 44.6 Å². The number of nitrogens with one attached hydrogen (secondary N) is 1. The van der Waals surface area contributed by atoms with Gasteiger partial charge in [0.05, 0.1) is 16.8 Å². The molecule has 0 bridgehead atoms. The number of hydrogen-bond acceptors (Lipinski definition) is 4. The first-order valence-electron chi connectivity index (χ1n) is 10.4. The topological polar surface area (TPSA) is 64.9 Å². The predicted molar refractivity (Wildman–Crippen MR) is 121 cm³/mol. The predicted octanol–water partition coefficient (Wildman–Crippen LogP) is 5.70. The van der Waals surface area contributed by atoms with E-state index in [4.69, 9.17) is 23.2 Å². The van der Waals surface area contributed by atoms with Crippen LogP contribution in [0.1, 0.15) is 50.1 Å². The van der Waals surface area contributed by atoms with Gasteiger partial charge in [0, 0.05) is 18.0 Å². The maximum Gasteiger partial charge on any atom is 0.267 e. The monoisotopic (exact) mass is 445 g/mol. The van der Waals surface area contributed by atoms with E-state index >= 15 is 0 Å². The molecule has 7 heteroatoms. The Morgan fingerprint density at radius 1 is 1.10 bits per heavy atom. The van der Waals surface area contributed by atoms with Crippen LogP contribution < -0.4 is 10.3 Å². The molecule has 1 aliphatic heterocycles. The summed E-state index contributed by atoms with van der Waals surface area (Å²) >= 11 is 12.5. The number of anilines is 1. The lowest BCUT2D eigenvalue weighted by Gasteiger charge is -2.25. The minimum atomic E-state index is -0.195. The molecule has 4 rings (SSSR count). The van der Waals surface area contributed by atoms with Crippen molar-refractivity contribution >= 4 is 40.5 Å². The molecule has 1 amide bonds. The molecular weight excluding hydrogens is 421 g/mol. The maximum atomic E-state index is 12.9. The summed E-state index contributed by atoms with van der Waals surface area (Å²) in [5.41, 5.74) is 2.11. The lowest BCUT2D eigenvalue weighted by Crippen LogP contribution is -2.34. The number of hydrazone groups is 1. The van der Waals surface area contributed by atoms with Crippen molar-refractivity contribution in [3.63, 3.8) is 0 Å². The van der Waals surface area contributed by atoms with Gasteiger partial charge in [-0.3, -0.25) is 9.80 Å². The third kappa shape index (κ3) is 4.73. The molecule has 30 heavy (non-hydrogen) atoms. The lowest BCUT2D eigenvalue weighted by atomic mass is 9.89. The van der Waals surface area contributed by atoms with Crippen LogP contribution in [0, 0.1) is 5.92 Å². The van der Waals surface area contributed by atoms with Crippen molar-refractivity contribution in [2.24, 2.45) is 11.0 Å². The number of rotatable bonds is 5. The number of amides is 1. The quantitative estimate of drug-likeness (QED) is 0.619. The molecule has 1 aliphatic carbocycles. The Labute approximate surface area is 186 Å². The fourth-order valence-electron chi connectivity index (χ4n) is 4.22. The highest BCUT2D eigenvalue weighted by atomic mass is 35.5. The highest BCUT2D eigenvalue weighted by molar-refractivity contribution is 6.40. The normalized spacial score (nSPS) is 19.6. The molecule has 0 aromatic heterocycles. The summed E-state index contributed by atoms with van der Waals surface area (Å²) in [4.78, 5) is 12.9. The molecule has 5 nitrogen and oxygen atoms in total. The first-order chi connectivity index (χ1) is 14.5. The maximum absolute atomic E-state index is 12.9. The molecular formula is C23H25Cl2N3O2. The van der Waals surface area contributed by atoms with E-state index in [-0.39, 0.29) is 17.7 Å². The minimum absolute atomic E-state index is 0.128. The standard InChI is InChI=1S/C23H25Cl2N3O2/c24-17-8-11-21(19(25)12-17)28-22(16-6-9-18(29)10-7-16)13-20(27-28)23(30)26-14-15-4-2-1-3-5-15/h6-12,15,22,29H,1-5,13-14H2,(H,26,30). The number of benzene rings is 2. The molecule has 1 atom stereocenters. The van der Waals surface area contributed by atoms with Gasteiger partial charge in [-0.05, 0) is 54.7 Å². The van der Waals surface area contributed by atoms with E-state index in [0.29, 0.717) is 40.3 Å². The molecule has 1 fully saturated rings. The number of nitrogens with zero attached hydrogens (tertiary/aromatic N) is 2. The second-order valence-electron chi connectivity index (χ2n) is 8.01. The molecule has 1 heterocycles. The van der Waals surface area contributed by atoms with Crippen LogP contribution >= 0.6 is 23.2 Å². The summed E-state index contributed by atoms with van der Waals surface area (Å²) < 4.78 is 0. The number of halogens is 2. The Bertz CT molecular complexity index is 940. The average molecular weight is 446 g/mol. The molecule has 2 aromatic rings. The van der Waals surface area contributed by atoms with Crippen molar-refractivity contribution in [1.29, 1.82) is 0 Å². The van der Waals surface area contributed by atoms with Crippen LogP contribution in [0.5, 0.6) is 5.75 Å². The summed E-state index contributed by atoms with van der Waals surface area (Å²) in [6.07, 6.45) is 6.59. The van der Waals surface area contributed by atoms with Crippen LogP contribution in [0.25, 0.3) is 0 Å². The summed E-state index contributed by atoms with van der Waals surface area (Å²) in [5, 5.41) is 20.2. The molecule has 2 N–H and O–H groups in total. The van der Waals surface area contributed by atoms with Crippen LogP contribution in [-0.4, -0.2) is 23.3 Å². The summed E-state index contributed by atoms with van der Waals surface area (Å²) in [7, 11) is 0. The van der Waals surface area contributed by atoms with E-state index in [2.05, 4.69) is 10.4 Å². The molecule has 0 radical (unpaired) electrons. The Kier molecular flexibility index (Phi) is 6.49. The number of phenolic OH excluding ortho intramolecular Hbond substituents is 1. The van der Waals surface area contributed by atoms with E-state index in [9.17, 15) is 9.90 Å². The molecule has 0 saturated heterocycles. The first kappa shape index (κ1) is 21.0. The summed E-state index contributed by atoms with van der Waals surface area (Å²) in [6.45, 7) is 0.698. The minimum Gasteiger partial charge on any atom is -0.508 e. The van der Waals surface area contributed by atoms with Crippen molar-refractivity contribution in [3.8, 4) is 5.75 Å². The fourth-order valence-corrected chi connectivity index (χ4v) is 4.72. The molecule has 158 valence electrons. The third-order valence-electron chi connectivity index (χ3n) is 5.88. The number of aromatic hydroxyl groups is 1. The van der Waals surface area contributed by atoms with Crippen molar-refractivity contribution in [1.82, 2.24) is 5.32 Å². The van der Waals surface area contributed by atoms with Gasteiger partial charge in [-0.25, -0.2) is 0 Å². The Hall–Kier alpha value is -2.24. The van der Waals surface area contributed by atoms with Crippen LogP contribution in [0.15, 0.2) is 47.6 Å². The zero-order chi connectivity index (χ0) is 21.1. The highest BCUT2D eigenvalue weighted by Crippen LogP contribution is 2.40. The van der Waals surface area contributed by atoms with Gasteiger partial charge in [0.2, 0.25) is 0 Å². The van der Waals surface area contributed by atoms with Gasteiger partial charge in [0.25, 0.3) is 5.91 Å².